The number of nitrogens with one attached hydrogen (secondary N) is 1. The number of pyridine rings is 1. The zero-order valence-electron chi connectivity index (χ0n) is 16.9. The number of benzene rings is 1. The van der Waals surface area contributed by atoms with Crippen LogP contribution in [0.15, 0.2) is 39.9 Å². The fourth-order valence-electron chi connectivity index (χ4n) is 3.83. The summed E-state index contributed by atoms with van der Waals surface area (Å²) in [4.78, 5) is 34.3. The Kier molecular flexibility index (Phi) is 5.85. The summed E-state index contributed by atoms with van der Waals surface area (Å²) >= 11 is 3.42. The normalized spacial score (nSPS) is 15.6. The number of carbonyl (C=O) groups excluding carboxylic acids is 1. The maximum Gasteiger partial charge on any atom is 0.263 e. The van der Waals surface area contributed by atoms with Crippen LogP contribution in [0.4, 0.5) is 0 Å². The Bertz CT molecular complexity index is 1170. The molecule has 2 aromatic heterocycles. The van der Waals surface area contributed by atoms with E-state index in [2.05, 4.69) is 38.1 Å². The Balaban J connectivity index is 1.52. The molecule has 0 saturated carbocycles. The van der Waals surface area contributed by atoms with Gasteiger partial charge in [-0.25, -0.2) is 9.97 Å². The smallest absolute Gasteiger partial charge is 0.263 e. The molecule has 7 nitrogen and oxygen atoms in total. The molecule has 0 radical (unpaired) electrons. The van der Waals surface area contributed by atoms with Gasteiger partial charge in [-0.1, -0.05) is 22.9 Å². The van der Waals surface area contributed by atoms with Gasteiger partial charge in [0.15, 0.2) is 5.65 Å². The van der Waals surface area contributed by atoms with Gasteiger partial charge in [-0.15, -0.1) is 0 Å². The molecule has 4 rings (SSSR count). The number of halogens is 1. The van der Waals surface area contributed by atoms with E-state index in [1.54, 1.807) is 7.11 Å². The van der Waals surface area contributed by atoms with Gasteiger partial charge in [-0.2, -0.15) is 0 Å². The van der Waals surface area contributed by atoms with Crippen LogP contribution < -0.4 is 15.6 Å². The first-order valence-corrected chi connectivity index (χ1v) is 10.7. The average molecular weight is 471 g/mol. The topological polar surface area (TPSA) is 86.1 Å². The number of fused-ring (bicyclic) bond motifs is 2. The van der Waals surface area contributed by atoms with Crippen LogP contribution in [0.2, 0.25) is 0 Å². The molecule has 1 aromatic carbocycles. The summed E-state index contributed by atoms with van der Waals surface area (Å²) in [5, 5.41) is 3.30. The molecule has 0 aliphatic heterocycles. The molecule has 1 unspecified atom stereocenters. The molecule has 1 aliphatic rings. The third-order valence-corrected chi connectivity index (χ3v) is 5.95. The van der Waals surface area contributed by atoms with Gasteiger partial charge in [-0.05, 0) is 55.0 Å². The number of carbonyl (C=O) groups is 1. The molecule has 8 heteroatoms. The number of amides is 1. The predicted octanol–water partition coefficient (Wildman–Crippen LogP) is 3.00. The number of ether oxygens (including phenoxy) is 1. The number of hydrogen-bond donors (Lipinski definition) is 1. The lowest BCUT2D eigenvalue weighted by atomic mass is 9.87. The SMILES string of the molecule is COc1ccc(Br)cc1CNC(=O)Cn1cnc2nc3c(cc2c1=O)CC(C)CC3. The molecule has 0 fully saturated rings. The van der Waals surface area contributed by atoms with E-state index in [4.69, 9.17) is 4.74 Å². The van der Waals surface area contributed by atoms with E-state index in [0.29, 0.717) is 29.2 Å². The molecule has 1 N–H and O–H groups in total. The van der Waals surface area contributed by atoms with Gasteiger partial charge in [0, 0.05) is 22.3 Å². The number of hydrogen-bond acceptors (Lipinski definition) is 5. The number of nitrogens with zero attached hydrogens (tertiary/aromatic N) is 3. The lowest BCUT2D eigenvalue weighted by Crippen LogP contribution is -2.32. The molecule has 1 amide bonds. The van der Waals surface area contributed by atoms with Gasteiger partial charge in [0.2, 0.25) is 5.91 Å². The van der Waals surface area contributed by atoms with Crippen LogP contribution in [0.3, 0.4) is 0 Å². The van der Waals surface area contributed by atoms with Crippen LogP contribution >= 0.6 is 15.9 Å². The van der Waals surface area contributed by atoms with Crippen molar-refractivity contribution in [3.63, 3.8) is 0 Å². The van der Waals surface area contributed by atoms with Crippen molar-refractivity contribution in [1.29, 1.82) is 0 Å². The van der Waals surface area contributed by atoms with Crippen molar-refractivity contribution in [2.45, 2.75) is 39.3 Å². The van der Waals surface area contributed by atoms with Gasteiger partial charge in [-0.3, -0.25) is 14.2 Å². The zero-order chi connectivity index (χ0) is 21.3. The number of aryl methyl sites for hydroxylation is 1. The van der Waals surface area contributed by atoms with Gasteiger partial charge in [0.1, 0.15) is 18.6 Å². The minimum atomic E-state index is -0.278. The summed E-state index contributed by atoms with van der Waals surface area (Å²) < 4.78 is 7.55. The maximum atomic E-state index is 12.9. The Morgan fingerprint density at radius 3 is 3.00 bits per heavy atom. The van der Waals surface area contributed by atoms with E-state index in [1.165, 1.54) is 10.9 Å². The Labute approximate surface area is 182 Å². The standard InChI is InChI=1S/C22H23BrN4O3/c1-13-3-5-18-14(7-13)9-17-21(26-18)25-12-27(22(17)29)11-20(28)24-10-15-8-16(23)4-6-19(15)30-2/h4,6,8-9,12-13H,3,5,7,10-11H2,1-2H3,(H,24,28). The summed E-state index contributed by atoms with van der Waals surface area (Å²) in [6.07, 6.45) is 4.33. The average Bonchev–Trinajstić information content (AvgIpc) is 2.73. The highest BCUT2D eigenvalue weighted by Gasteiger charge is 2.19. The van der Waals surface area contributed by atoms with E-state index in [1.807, 2.05) is 24.3 Å². The first kappa shape index (κ1) is 20.5. The van der Waals surface area contributed by atoms with Gasteiger partial charge in [0.25, 0.3) is 5.56 Å². The molecule has 1 atom stereocenters. The molecule has 156 valence electrons. The number of methoxy groups -OCH3 is 1. The molecular formula is C22H23BrN4O3. The summed E-state index contributed by atoms with van der Waals surface area (Å²) in [5.74, 6) is 0.990. The van der Waals surface area contributed by atoms with Crippen molar-refractivity contribution in [2.75, 3.05) is 7.11 Å². The second-order valence-electron chi connectivity index (χ2n) is 7.72. The van der Waals surface area contributed by atoms with Crippen molar-refractivity contribution >= 4 is 32.9 Å². The lowest BCUT2D eigenvalue weighted by Gasteiger charge is -2.20. The Morgan fingerprint density at radius 2 is 2.20 bits per heavy atom. The van der Waals surface area contributed by atoms with Crippen molar-refractivity contribution in [2.24, 2.45) is 5.92 Å². The largest absolute Gasteiger partial charge is 0.496 e. The Morgan fingerprint density at radius 1 is 1.37 bits per heavy atom. The monoisotopic (exact) mass is 470 g/mol. The third-order valence-electron chi connectivity index (χ3n) is 5.46. The second kappa shape index (κ2) is 8.55. The van der Waals surface area contributed by atoms with E-state index in [-0.39, 0.29) is 18.0 Å². The van der Waals surface area contributed by atoms with Crippen LogP contribution in [0.1, 0.15) is 30.2 Å². The van der Waals surface area contributed by atoms with Crippen LogP contribution in [0.25, 0.3) is 11.0 Å². The van der Waals surface area contributed by atoms with Crippen molar-refractivity contribution in [3.05, 3.63) is 62.2 Å². The second-order valence-corrected chi connectivity index (χ2v) is 8.64. The highest BCUT2D eigenvalue weighted by Crippen LogP contribution is 2.25. The molecule has 1 aliphatic carbocycles. The molecule has 30 heavy (non-hydrogen) atoms. The predicted molar refractivity (Wildman–Crippen MR) is 118 cm³/mol. The lowest BCUT2D eigenvalue weighted by molar-refractivity contribution is -0.121. The van der Waals surface area contributed by atoms with Crippen LogP contribution in [0.5, 0.6) is 5.75 Å². The molecule has 3 aromatic rings. The maximum absolute atomic E-state index is 12.9. The quantitative estimate of drug-likeness (QED) is 0.619. The third kappa shape index (κ3) is 4.23. The van der Waals surface area contributed by atoms with Crippen LogP contribution in [0, 0.1) is 5.92 Å². The fraction of sp³-hybridized carbons (Fsp3) is 0.364. The molecule has 0 spiro atoms. The van der Waals surface area contributed by atoms with Gasteiger partial charge in [0.05, 0.1) is 12.5 Å². The van der Waals surface area contributed by atoms with Crippen LogP contribution in [-0.2, 0) is 30.7 Å². The van der Waals surface area contributed by atoms with Gasteiger partial charge < -0.3 is 10.1 Å². The number of aromatic nitrogens is 3. The van der Waals surface area contributed by atoms with E-state index in [0.717, 1.165) is 40.6 Å². The molecular weight excluding hydrogens is 448 g/mol. The molecule has 0 bridgehead atoms. The summed E-state index contributed by atoms with van der Waals surface area (Å²) in [6, 6.07) is 7.50. The Hall–Kier alpha value is -2.74. The zero-order valence-corrected chi connectivity index (χ0v) is 18.5. The van der Waals surface area contributed by atoms with E-state index < -0.39 is 0 Å². The summed E-state index contributed by atoms with van der Waals surface area (Å²) in [7, 11) is 1.59. The fourth-order valence-corrected chi connectivity index (χ4v) is 4.23. The van der Waals surface area contributed by atoms with Crippen molar-refractivity contribution in [3.8, 4) is 5.75 Å². The highest BCUT2D eigenvalue weighted by atomic mass is 79.9. The first-order chi connectivity index (χ1) is 14.4. The molecule has 0 saturated heterocycles. The first-order valence-electron chi connectivity index (χ1n) is 9.91. The highest BCUT2D eigenvalue weighted by molar-refractivity contribution is 9.10. The van der Waals surface area contributed by atoms with E-state index in [9.17, 15) is 9.59 Å². The van der Waals surface area contributed by atoms with Crippen molar-refractivity contribution < 1.29 is 9.53 Å². The summed E-state index contributed by atoms with van der Waals surface area (Å²) in [5.41, 5.74) is 3.19. The van der Waals surface area contributed by atoms with Crippen LogP contribution in [-0.4, -0.2) is 27.6 Å². The van der Waals surface area contributed by atoms with E-state index >= 15 is 0 Å². The minimum absolute atomic E-state index is 0.106. The number of rotatable bonds is 5. The van der Waals surface area contributed by atoms with Crippen molar-refractivity contribution in [1.82, 2.24) is 19.9 Å². The minimum Gasteiger partial charge on any atom is -0.496 e. The van der Waals surface area contributed by atoms with Gasteiger partial charge >= 0.3 is 0 Å². The molecule has 2 heterocycles. The summed E-state index contributed by atoms with van der Waals surface area (Å²) in [6.45, 7) is 2.40.